The lowest BCUT2D eigenvalue weighted by molar-refractivity contribution is -0.928. The highest BCUT2D eigenvalue weighted by Gasteiger charge is 2.23. The first kappa shape index (κ1) is 41.5. The summed E-state index contributed by atoms with van der Waals surface area (Å²) < 4.78 is 36.8. The number of aryl methyl sites for hydroxylation is 1. The Morgan fingerprint density at radius 1 is 0.500 bits per heavy atom. The molecule has 1 aromatic rings. The van der Waals surface area contributed by atoms with Gasteiger partial charge < -0.3 is 18.1 Å². The normalized spacial score (nSPS) is 11.3. The van der Waals surface area contributed by atoms with Crippen LogP contribution in [0, 0.1) is 6.92 Å². The Kier molecular flexibility index (Phi) is 28.7. The van der Waals surface area contributed by atoms with E-state index in [2.05, 4.69) is 74.4 Å². The van der Waals surface area contributed by atoms with Crippen molar-refractivity contribution in [2.24, 2.45) is 0 Å². The van der Waals surface area contributed by atoms with Crippen LogP contribution in [0.4, 0.5) is 0 Å². The number of hydrogen-bond donors (Lipinski definition) is 0. The van der Waals surface area contributed by atoms with Crippen molar-refractivity contribution < 1.29 is 26.5 Å². The van der Waals surface area contributed by atoms with Crippen molar-refractivity contribution in [1.82, 2.24) is 0 Å². The Hall–Kier alpha value is -0.990. The summed E-state index contributed by atoms with van der Waals surface area (Å²) in [5.41, 5.74) is 1.32. The molecule has 0 unspecified atom stereocenters. The second kappa shape index (κ2) is 26.2. The summed E-state index contributed by atoms with van der Waals surface area (Å²) in [6.45, 7) is 31.7. The maximum absolute atomic E-state index is 8.52. The molecule has 0 aliphatic carbocycles. The molecule has 0 bridgehead atoms. The van der Waals surface area contributed by atoms with E-state index in [0.717, 1.165) is 0 Å². The third-order valence-corrected chi connectivity index (χ3v) is 6.52. The summed E-state index contributed by atoms with van der Waals surface area (Å²) in [4.78, 5) is 0. The largest absolute Gasteiger partial charge is 0.759 e. The molecule has 0 fully saturated rings. The van der Waals surface area contributed by atoms with E-state index >= 15 is 0 Å². The Morgan fingerprint density at radius 2 is 0.684 bits per heavy atom. The zero-order valence-electron chi connectivity index (χ0n) is 26.6. The van der Waals surface area contributed by atoms with Crippen LogP contribution in [-0.4, -0.2) is 78.8 Å². The van der Waals surface area contributed by atoms with E-state index in [1.165, 1.54) is 118 Å². The van der Waals surface area contributed by atoms with Crippen LogP contribution in [0.1, 0.15) is 112 Å². The van der Waals surface area contributed by atoms with Gasteiger partial charge >= 0.3 is 0 Å². The van der Waals surface area contributed by atoms with Gasteiger partial charge in [0, 0.05) is 10.4 Å². The van der Waals surface area contributed by atoms with Gasteiger partial charge in [0.05, 0.1) is 52.4 Å². The Labute approximate surface area is 238 Å². The summed E-state index contributed by atoms with van der Waals surface area (Å²) in [6, 6.07) is 10.3. The number of hydrogen-bond acceptors (Lipinski definition) is 4. The fourth-order valence-electron chi connectivity index (χ4n) is 5.67. The van der Waals surface area contributed by atoms with Crippen molar-refractivity contribution in [3.63, 3.8) is 0 Å². The van der Waals surface area contributed by atoms with Gasteiger partial charge in [-0.15, -0.1) is 0 Å². The maximum atomic E-state index is 8.52. The van der Waals surface area contributed by atoms with Gasteiger partial charge in [-0.05, 0) is 58.3 Å². The predicted molar refractivity (Wildman–Crippen MR) is 163 cm³/mol. The molecular weight excluding hydrogens is 496 g/mol. The van der Waals surface area contributed by atoms with E-state index in [4.69, 9.17) is 17.5 Å². The number of quaternary nitrogens is 2. The smallest absolute Gasteiger partial charge is 0.0783 e. The Bertz CT molecular complexity index is 617. The molecule has 6 nitrogen and oxygen atoms in total. The molecule has 0 aliphatic rings. The average molecular weight is 561 g/mol. The van der Waals surface area contributed by atoms with E-state index < -0.39 is 10.4 Å². The molecule has 1 aromatic carbocycles. The summed E-state index contributed by atoms with van der Waals surface area (Å²) in [6.07, 6.45) is 10.7. The quantitative estimate of drug-likeness (QED) is 0.119. The highest BCUT2D eigenvalue weighted by molar-refractivity contribution is 7.79. The SMILES string of the molecule is CCC[N+](CCC)(CCC)CCC.CCC[N+](CCC)(CCC)CCC.Cc1ccccc1.O=S(=O)([O-])[O-]. The highest BCUT2D eigenvalue weighted by Crippen LogP contribution is 2.13. The van der Waals surface area contributed by atoms with E-state index in [9.17, 15) is 0 Å². The lowest BCUT2D eigenvalue weighted by Gasteiger charge is -2.38. The lowest BCUT2D eigenvalue weighted by Crippen LogP contribution is -2.50. The molecule has 0 amide bonds. The van der Waals surface area contributed by atoms with Crippen LogP contribution >= 0.6 is 0 Å². The van der Waals surface area contributed by atoms with E-state index in [1.54, 1.807) is 0 Å². The first-order valence-electron chi connectivity index (χ1n) is 15.3. The van der Waals surface area contributed by atoms with Gasteiger partial charge in [0.25, 0.3) is 0 Å². The third-order valence-electron chi connectivity index (χ3n) is 6.52. The molecule has 0 atom stereocenters. The van der Waals surface area contributed by atoms with Gasteiger partial charge in [-0.2, -0.15) is 0 Å². The van der Waals surface area contributed by atoms with Crippen molar-refractivity contribution in [3.8, 4) is 0 Å². The van der Waals surface area contributed by atoms with E-state index in [0.29, 0.717) is 0 Å². The van der Waals surface area contributed by atoms with Gasteiger partial charge in [-0.3, -0.25) is 8.42 Å². The second-order valence-corrected chi connectivity index (χ2v) is 11.4. The summed E-state index contributed by atoms with van der Waals surface area (Å²) in [5.74, 6) is 0. The topological polar surface area (TPSA) is 80.3 Å². The fourth-order valence-corrected chi connectivity index (χ4v) is 5.67. The summed E-state index contributed by atoms with van der Waals surface area (Å²) in [5, 5.41) is 0. The molecule has 7 heteroatoms. The third kappa shape index (κ3) is 26.6. The zero-order chi connectivity index (χ0) is 29.9. The minimum absolute atomic E-state index is 1.32. The van der Waals surface area contributed by atoms with Crippen molar-refractivity contribution >= 4 is 10.4 Å². The van der Waals surface area contributed by atoms with Crippen molar-refractivity contribution in [2.75, 3.05) is 52.4 Å². The van der Waals surface area contributed by atoms with Crippen LogP contribution in [0.3, 0.4) is 0 Å². The minimum Gasteiger partial charge on any atom is -0.759 e. The second-order valence-electron chi connectivity index (χ2n) is 10.5. The van der Waals surface area contributed by atoms with Crippen LogP contribution in [0.2, 0.25) is 0 Å². The van der Waals surface area contributed by atoms with Crippen molar-refractivity contribution in [2.45, 2.75) is 114 Å². The zero-order valence-corrected chi connectivity index (χ0v) is 27.5. The summed E-state index contributed by atoms with van der Waals surface area (Å²) in [7, 11) is -5.17. The average Bonchev–Trinajstić information content (AvgIpc) is 2.81. The Morgan fingerprint density at radius 3 is 0.789 bits per heavy atom. The molecule has 38 heavy (non-hydrogen) atoms. The predicted octanol–water partition coefficient (Wildman–Crippen LogP) is 7.54. The molecular formula is C31H64N2O4S. The van der Waals surface area contributed by atoms with Gasteiger partial charge in [0.1, 0.15) is 0 Å². The van der Waals surface area contributed by atoms with E-state index in [1.807, 2.05) is 18.2 Å². The fraction of sp³-hybridized carbons (Fsp3) is 0.806. The van der Waals surface area contributed by atoms with Gasteiger partial charge in [0.15, 0.2) is 0 Å². The number of nitrogens with zero attached hydrogens (tertiary/aromatic N) is 2. The van der Waals surface area contributed by atoms with Crippen LogP contribution in [0.25, 0.3) is 0 Å². The summed E-state index contributed by atoms with van der Waals surface area (Å²) >= 11 is 0. The molecule has 0 aliphatic heterocycles. The van der Waals surface area contributed by atoms with Crippen LogP contribution in [0.5, 0.6) is 0 Å². The molecule has 0 saturated carbocycles. The molecule has 0 aromatic heterocycles. The number of benzene rings is 1. The Balaban J connectivity index is -0.000000457. The lowest BCUT2D eigenvalue weighted by atomic mass is 10.2. The molecule has 0 N–H and O–H groups in total. The molecule has 0 radical (unpaired) electrons. The monoisotopic (exact) mass is 560 g/mol. The standard InChI is InChI=1S/2C12H28N.C7H8.H2O4S/c2*1-5-9-13(10-6-2,11-7-3)12-8-4;1-7-5-3-2-4-6-7;1-5(2,3)4/h2*5-12H2,1-4H3;2-6H,1H3;(H2,1,2,3,4)/q2*+1;;/p-2. The first-order valence-corrected chi connectivity index (χ1v) is 16.6. The maximum Gasteiger partial charge on any atom is 0.0783 e. The molecule has 228 valence electrons. The van der Waals surface area contributed by atoms with E-state index in [-0.39, 0.29) is 0 Å². The van der Waals surface area contributed by atoms with Gasteiger partial charge in [0.2, 0.25) is 0 Å². The first-order chi connectivity index (χ1) is 17.9. The molecule has 0 spiro atoms. The van der Waals surface area contributed by atoms with Crippen LogP contribution < -0.4 is 0 Å². The molecule has 0 saturated heterocycles. The molecule has 1 rings (SSSR count). The molecule has 0 heterocycles. The highest BCUT2D eigenvalue weighted by atomic mass is 32.3. The van der Waals surface area contributed by atoms with Gasteiger partial charge in [-0.1, -0.05) is 91.3 Å². The van der Waals surface area contributed by atoms with Gasteiger partial charge in [-0.25, -0.2) is 0 Å². The van der Waals surface area contributed by atoms with Crippen molar-refractivity contribution in [1.29, 1.82) is 0 Å². The number of rotatable bonds is 16. The van der Waals surface area contributed by atoms with Crippen molar-refractivity contribution in [3.05, 3.63) is 35.9 Å². The van der Waals surface area contributed by atoms with Crippen LogP contribution in [-0.2, 0) is 10.4 Å². The van der Waals surface area contributed by atoms with Crippen LogP contribution in [0.15, 0.2) is 30.3 Å². The minimum atomic E-state index is -5.17.